The molecule has 1 heterocycles. The molecule has 1 aliphatic heterocycles. The molecule has 2 rings (SSSR count). The summed E-state index contributed by atoms with van der Waals surface area (Å²) in [5.74, 6) is -0.975. The number of nitrogens with one attached hydrogen (secondary N) is 1. The Balaban J connectivity index is 2.46. The minimum absolute atomic E-state index is 0.0325. The van der Waals surface area contributed by atoms with E-state index in [4.69, 9.17) is 5.41 Å². The molecule has 7 heteroatoms. The summed E-state index contributed by atoms with van der Waals surface area (Å²) in [6.07, 6.45) is -4.52. The fourth-order valence-electron chi connectivity index (χ4n) is 2.26. The van der Waals surface area contributed by atoms with Crippen LogP contribution in [0.25, 0.3) is 0 Å². The molecule has 1 unspecified atom stereocenters. The first kappa shape index (κ1) is 15.1. The van der Waals surface area contributed by atoms with Crippen LogP contribution in [0.15, 0.2) is 35.6 Å². The molecular weight excluding hydrogens is 285 g/mol. The van der Waals surface area contributed by atoms with Crippen molar-refractivity contribution in [1.82, 2.24) is 0 Å². The fourth-order valence-corrected chi connectivity index (χ4v) is 2.26. The number of anilines is 1. The molecule has 1 amide bonds. The van der Waals surface area contributed by atoms with Crippen LogP contribution < -0.4 is 4.90 Å². The minimum atomic E-state index is -4.52. The number of nitrogens with zero attached hydrogens (tertiary/aromatic N) is 1. The molecule has 112 valence electrons. The third-order valence-corrected chi connectivity index (χ3v) is 3.30. The van der Waals surface area contributed by atoms with Gasteiger partial charge in [-0.25, -0.2) is 0 Å². The van der Waals surface area contributed by atoms with E-state index in [1.54, 1.807) is 0 Å². The van der Waals surface area contributed by atoms with Crippen molar-refractivity contribution in [1.29, 1.82) is 5.41 Å². The molecule has 0 saturated carbocycles. The molecule has 0 aliphatic carbocycles. The standard InChI is InChI=1S/C14H13F3N2O2/c1-7(18)11-12(20)8(2)19(13(11)21)10-5-3-4-9(6-10)14(15,16)17/h3-6,8,18,20H,1-2H3. The summed E-state index contributed by atoms with van der Waals surface area (Å²) < 4.78 is 38.2. The molecule has 2 N–H and O–H groups in total. The van der Waals surface area contributed by atoms with Crippen molar-refractivity contribution in [3.05, 3.63) is 41.2 Å². The Labute approximate surface area is 119 Å². The zero-order valence-corrected chi connectivity index (χ0v) is 11.3. The van der Waals surface area contributed by atoms with Gasteiger partial charge in [0.1, 0.15) is 11.3 Å². The first-order chi connectivity index (χ1) is 9.64. The SMILES string of the molecule is CC(=N)C1=C(O)C(C)N(c2cccc(C(F)(F)F)c2)C1=O. The lowest BCUT2D eigenvalue weighted by molar-refractivity contribution is -0.137. The second-order valence-electron chi connectivity index (χ2n) is 4.78. The summed E-state index contributed by atoms with van der Waals surface area (Å²) in [7, 11) is 0. The summed E-state index contributed by atoms with van der Waals surface area (Å²) in [4.78, 5) is 13.3. The molecule has 4 nitrogen and oxygen atoms in total. The lowest BCUT2D eigenvalue weighted by Crippen LogP contribution is -2.34. The van der Waals surface area contributed by atoms with Crippen LogP contribution in [-0.4, -0.2) is 22.8 Å². The van der Waals surface area contributed by atoms with Crippen LogP contribution in [0.2, 0.25) is 0 Å². The van der Waals surface area contributed by atoms with Gasteiger partial charge in [0, 0.05) is 11.4 Å². The molecule has 1 atom stereocenters. The van der Waals surface area contributed by atoms with Crippen LogP contribution in [-0.2, 0) is 11.0 Å². The number of hydrogen-bond donors (Lipinski definition) is 2. The molecule has 0 aromatic heterocycles. The van der Waals surface area contributed by atoms with Crippen LogP contribution >= 0.6 is 0 Å². The van der Waals surface area contributed by atoms with Crippen molar-refractivity contribution in [2.75, 3.05) is 4.90 Å². The molecule has 21 heavy (non-hydrogen) atoms. The van der Waals surface area contributed by atoms with Crippen LogP contribution in [0.5, 0.6) is 0 Å². The maximum Gasteiger partial charge on any atom is 0.416 e. The molecule has 0 radical (unpaired) electrons. The van der Waals surface area contributed by atoms with E-state index in [9.17, 15) is 23.1 Å². The van der Waals surface area contributed by atoms with Gasteiger partial charge in [0.25, 0.3) is 5.91 Å². The lowest BCUT2D eigenvalue weighted by Gasteiger charge is -2.23. The Bertz CT molecular complexity index is 650. The predicted molar refractivity (Wildman–Crippen MR) is 71.4 cm³/mol. The second-order valence-corrected chi connectivity index (χ2v) is 4.78. The van der Waals surface area contributed by atoms with Crippen LogP contribution in [0.4, 0.5) is 18.9 Å². The summed E-state index contributed by atoms with van der Waals surface area (Å²) >= 11 is 0. The van der Waals surface area contributed by atoms with Gasteiger partial charge in [-0.3, -0.25) is 9.69 Å². The Morgan fingerprint density at radius 2 is 2.00 bits per heavy atom. The molecule has 1 aliphatic rings. The smallest absolute Gasteiger partial charge is 0.416 e. The maximum absolute atomic E-state index is 12.7. The van der Waals surface area contributed by atoms with E-state index >= 15 is 0 Å². The highest BCUT2D eigenvalue weighted by molar-refractivity contribution is 6.27. The fraction of sp³-hybridized carbons (Fsp3) is 0.286. The van der Waals surface area contributed by atoms with Gasteiger partial charge in [0.15, 0.2) is 0 Å². The summed E-state index contributed by atoms with van der Waals surface area (Å²) in [6.45, 7) is 2.83. The Morgan fingerprint density at radius 3 is 2.48 bits per heavy atom. The van der Waals surface area contributed by atoms with Gasteiger partial charge in [-0.2, -0.15) is 13.2 Å². The largest absolute Gasteiger partial charge is 0.509 e. The predicted octanol–water partition coefficient (Wildman–Crippen LogP) is 3.29. The van der Waals surface area contributed by atoms with Gasteiger partial charge in [-0.15, -0.1) is 0 Å². The molecular formula is C14H13F3N2O2. The zero-order chi connectivity index (χ0) is 15.9. The number of aliphatic hydroxyl groups is 1. The Hall–Kier alpha value is -2.31. The van der Waals surface area contributed by atoms with Crippen molar-refractivity contribution in [2.24, 2.45) is 0 Å². The van der Waals surface area contributed by atoms with Gasteiger partial charge in [-0.1, -0.05) is 6.07 Å². The lowest BCUT2D eigenvalue weighted by atomic mass is 10.1. The van der Waals surface area contributed by atoms with E-state index in [-0.39, 0.29) is 22.7 Å². The van der Waals surface area contributed by atoms with Gasteiger partial charge in [-0.05, 0) is 32.0 Å². The number of carbonyl (C=O) groups excluding carboxylic acids is 1. The van der Waals surface area contributed by atoms with Crippen molar-refractivity contribution < 1.29 is 23.1 Å². The Morgan fingerprint density at radius 1 is 1.38 bits per heavy atom. The highest BCUT2D eigenvalue weighted by atomic mass is 19.4. The first-order valence-corrected chi connectivity index (χ1v) is 6.14. The molecule has 0 fully saturated rings. The summed E-state index contributed by atoms with van der Waals surface area (Å²) in [5.41, 5.74) is -1.14. The first-order valence-electron chi connectivity index (χ1n) is 6.14. The second kappa shape index (κ2) is 4.91. The number of amides is 1. The average Bonchev–Trinajstić information content (AvgIpc) is 2.59. The van der Waals surface area contributed by atoms with E-state index in [1.807, 2.05) is 0 Å². The number of benzene rings is 1. The molecule has 0 saturated heterocycles. The molecule has 1 aromatic rings. The van der Waals surface area contributed by atoms with E-state index in [0.29, 0.717) is 0 Å². The third-order valence-electron chi connectivity index (χ3n) is 3.30. The van der Waals surface area contributed by atoms with E-state index in [1.165, 1.54) is 26.0 Å². The highest BCUT2D eigenvalue weighted by Gasteiger charge is 2.39. The van der Waals surface area contributed by atoms with E-state index in [0.717, 1.165) is 17.0 Å². The number of aliphatic hydroxyl groups excluding tert-OH is 1. The Kier molecular flexibility index (Phi) is 3.52. The minimum Gasteiger partial charge on any atom is -0.509 e. The van der Waals surface area contributed by atoms with Crippen molar-refractivity contribution in [3.8, 4) is 0 Å². The molecule has 0 bridgehead atoms. The highest BCUT2D eigenvalue weighted by Crippen LogP contribution is 2.35. The number of halogens is 3. The van der Waals surface area contributed by atoms with Crippen LogP contribution in [0.3, 0.4) is 0 Å². The quantitative estimate of drug-likeness (QED) is 0.823. The monoisotopic (exact) mass is 298 g/mol. The normalized spacial score (nSPS) is 19.4. The van der Waals surface area contributed by atoms with Gasteiger partial charge >= 0.3 is 6.18 Å². The van der Waals surface area contributed by atoms with Crippen LogP contribution in [0, 0.1) is 5.41 Å². The van der Waals surface area contributed by atoms with Gasteiger partial charge in [0.2, 0.25) is 0 Å². The van der Waals surface area contributed by atoms with E-state index < -0.39 is 23.7 Å². The summed E-state index contributed by atoms with van der Waals surface area (Å²) in [5, 5.41) is 17.4. The molecule has 1 aromatic carbocycles. The number of rotatable bonds is 2. The average molecular weight is 298 g/mol. The van der Waals surface area contributed by atoms with Crippen molar-refractivity contribution in [3.63, 3.8) is 0 Å². The number of alkyl halides is 3. The van der Waals surface area contributed by atoms with Crippen molar-refractivity contribution >= 4 is 17.3 Å². The number of carbonyl (C=O) groups is 1. The van der Waals surface area contributed by atoms with Crippen molar-refractivity contribution in [2.45, 2.75) is 26.1 Å². The zero-order valence-electron chi connectivity index (χ0n) is 11.3. The third kappa shape index (κ3) is 2.51. The van der Waals surface area contributed by atoms with Gasteiger partial charge < -0.3 is 10.5 Å². The maximum atomic E-state index is 12.7. The topological polar surface area (TPSA) is 64.4 Å². The van der Waals surface area contributed by atoms with Gasteiger partial charge in [0.05, 0.1) is 11.6 Å². The van der Waals surface area contributed by atoms with Crippen LogP contribution in [0.1, 0.15) is 19.4 Å². The van der Waals surface area contributed by atoms with E-state index in [2.05, 4.69) is 0 Å². The molecule has 0 spiro atoms. The number of hydrogen-bond acceptors (Lipinski definition) is 3. The summed E-state index contributed by atoms with van der Waals surface area (Å²) in [6, 6.07) is 3.51.